The average molecular weight is 447 g/mol. The highest BCUT2D eigenvalue weighted by Crippen LogP contribution is 2.28. The predicted octanol–water partition coefficient (Wildman–Crippen LogP) is -0.283. The summed E-state index contributed by atoms with van der Waals surface area (Å²) in [6.07, 6.45) is -1.06. The fourth-order valence-electron chi connectivity index (χ4n) is 2.44. The van der Waals surface area contributed by atoms with Crippen molar-refractivity contribution in [3.05, 3.63) is 27.7 Å². The summed E-state index contributed by atoms with van der Waals surface area (Å²) in [5.41, 5.74) is -0.408. The Balaban J connectivity index is 2.01. The number of aliphatic hydroxyl groups is 1. The lowest BCUT2D eigenvalue weighted by Gasteiger charge is -2.15. The highest BCUT2D eigenvalue weighted by atomic mass is 35.5. The molecule has 1 aliphatic rings. The molecule has 1 aromatic rings. The van der Waals surface area contributed by atoms with Crippen LogP contribution in [0, 0.1) is 0 Å². The Morgan fingerprint density at radius 3 is 2.38 bits per heavy atom. The van der Waals surface area contributed by atoms with E-state index in [0.717, 1.165) is 12.1 Å². The summed E-state index contributed by atoms with van der Waals surface area (Å²) in [4.78, 5) is 10.6. The molecule has 2 rings (SSSR count). The summed E-state index contributed by atoms with van der Waals surface area (Å²) in [5.74, 6) is -1.97. The summed E-state index contributed by atoms with van der Waals surface area (Å²) >= 11 is 11.6. The molecule has 1 saturated heterocycles. The second kappa shape index (κ2) is 7.97. The van der Waals surface area contributed by atoms with Gasteiger partial charge in [0.1, 0.15) is 4.90 Å². The van der Waals surface area contributed by atoms with Gasteiger partial charge in [-0.1, -0.05) is 23.2 Å². The van der Waals surface area contributed by atoms with Crippen molar-refractivity contribution in [3.63, 3.8) is 0 Å². The number of hydrogen-bond donors (Lipinski definition) is 4. The number of sulfonamides is 1. The second-order valence-corrected chi connectivity index (χ2v) is 10.4. The molecule has 4 N–H and O–H groups in total. The Labute approximate surface area is 160 Å². The molecule has 9 nitrogen and oxygen atoms in total. The summed E-state index contributed by atoms with van der Waals surface area (Å²) in [6.45, 7) is -0.0829. The predicted molar refractivity (Wildman–Crippen MR) is 95.1 cm³/mol. The number of carboxylic acids is 1. The Morgan fingerprint density at radius 1 is 1.19 bits per heavy atom. The molecule has 2 atom stereocenters. The molecule has 1 fully saturated rings. The van der Waals surface area contributed by atoms with Crippen LogP contribution in [0.5, 0.6) is 0 Å². The van der Waals surface area contributed by atoms with Gasteiger partial charge in [0.2, 0.25) is 10.0 Å². The van der Waals surface area contributed by atoms with E-state index in [-0.39, 0.29) is 34.6 Å². The average Bonchev–Trinajstić information content (AvgIpc) is 2.75. The van der Waals surface area contributed by atoms with Gasteiger partial charge in [0.25, 0.3) is 0 Å². The Bertz CT molecular complexity index is 919. The molecule has 2 unspecified atom stereocenters. The number of aromatic carboxylic acids is 1. The number of halogens is 2. The van der Waals surface area contributed by atoms with Gasteiger partial charge in [-0.25, -0.2) is 26.4 Å². The van der Waals surface area contributed by atoms with E-state index >= 15 is 0 Å². The first-order valence-corrected chi connectivity index (χ1v) is 11.3. The molecule has 1 heterocycles. The maximum absolute atomic E-state index is 12.3. The fraction of sp³-hybridized carbons (Fsp3) is 0.462. The van der Waals surface area contributed by atoms with Crippen LogP contribution >= 0.6 is 23.2 Å². The van der Waals surface area contributed by atoms with Gasteiger partial charge in [0, 0.05) is 19.1 Å². The molecule has 0 bridgehead atoms. The third kappa shape index (κ3) is 5.06. The number of carbonyl (C=O) groups is 1. The third-order valence-corrected chi connectivity index (χ3v) is 7.64. The summed E-state index contributed by atoms with van der Waals surface area (Å²) in [6, 6.07) is 1.21. The van der Waals surface area contributed by atoms with Crippen molar-refractivity contribution in [1.29, 1.82) is 0 Å². The zero-order chi connectivity index (χ0) is 19.7. The van der Waals surface area contributed by atoms with E-state index < -0.39 is 48.4 Å². The largest absolute Gasteiger partial charge is 0.478 e. The molecule has 0 amide bonds. The van der Waals surface area contributed by atoms with E-state index in [1.54, 1.807) is 0 Å². The molecular weight excluding hydrogens is 431 g/mol. The van der Waals surface area contributed by atoms with Crippen LogP contribution in [-0.2, 0) is 19.9 Å². The SMILES string of the molecule is O=C(O)c1cc(S(=O)(=O)NCCNC2CS(=O)(=O)CC2O)c(Cl)cc1Cl. The number of sulfone groups is 1. The molecular formula is C13H16Cl2N2O7S2. The summed E-state index contributed by atoms with van der Waals surface area (Å²) in [7, 11) is -7.43. The Kier molecular flexibility index (Phi) is 6.54. The summed E-state index contributed by atoms with van der Waals surface area (Å²) < 4.78 is 49.6. The molecule has 26 heavy (non-hydrogen) atoms. The van der Waals surface area contributed by atoms with Gasteiger partial charge in [-0.3, -0.25) is 0 Å². The first-order chi connectivity index (χ1) is 11.9. The third-order valence-electron chi connectivity index (χ3n) is 3.69. The van der Waals surface area contributed by atoms with Gasteiger partial charge < -0.3 is 15.5 Å². The standard InChI is InChI=1S/C13H16Cl2N2O7S2/c14-8-4-9(15)12(3-7(8)13(19)20)26(23,24)17-2-1-16-10-5-25(21,22)6-11(10)18/h3-4,10-11,16-18H,1-2,5-6H2,(H,19,20). The normalized spacial score (nSPS) is 22.4. The maximum Gasteiger partial charge on any atom is 0.337 e. The number of carboxylic acid groups (broad SMARTS) is 1. The van der Waals surface area contributed by atoms with Crippen molar-refractivity contribution in [2.45, 2.75) is 17.0 Å². The second-order valence-electron chi connectivity index (χ2n) is 5.67. The van der Waals surface area contributed by atoms with Crippen LogP contribution in [0.25, 0.3) is 0 Å². The smallest absolute Gasteiger partial charge is 0.337 e. The topological polar surface area (TPSA) is 150 Å². The van der Waals surface area contributed by atoms with E-state index in [4.69, 9.17) is 28.3 Å². The first-order valence-electron chi connectivity index (χ1n) is 7.27. The highest BCUT2D eigenvalue weighted by Gasteiger charge is 2.35. The van der Waals surface area contributed by atoms with Gasteiger partial charge in [-0.15, -0.1) is 0 Å². The van der Waals surface area contributed by atoms with Crippen molar-refractivity contribution < 1.29 is 31.8 Å². The number of rotatable bonds is 7. The minimum absolute atomic E-state index is 0.0491. The van der Waals surface area contributed by atoms with Crippen LogP contribution in [-0.4, -0.2) is 69.8 Å². The minimum atomic E-state index is -4.12. The molecule has 0 radical (unpaired) electrons. The van der Waals surface area contributed by atoms with E-state index in [9.17, 15) is 26.7 Å². The van der Waals surface area contributed by atoms with Gasteiger partial charge in [0.05, 0.1) is 33.2 Å². The molecule has 0 aromatic heterocycles. The van der Waals surface area contributed by atoms with Gasteiger partial charge in [-0.05, 0) is 12.1 Å². The minimum Gasteiger partial charge on any atom is -0.478 e. The zero-order valence-electron chi connectivity index (χ0n) is 13.1. The number of benzene rings is 1. The summed E-state index contributed by atoms with van der Waals surface area (Å²) in [5, 5.41) is 21.0. The first kappa shape index (κ1) is 21.4. The number of nitrogens with one attached hydrogen (secondary N) is 2. The van der Waals surface area contributed by atoms with E-state index in [1.807, 2.05) is 0 Å². The van der Waals surface area contributed by atoms with Crippen molar-refractivity contribution in [2.24, 2.45) is 0 Å². The number of hydrogen-bond acceptors (Lipinski definition) is 7. The van der Waals surface area contributed by atoms with E-state index in [2.05, 4.69) is 10.0 Å². The van der Waals surface area contributed by atoms with E-state index in [1.165, 1.54) is 0 Å². The van der Waals surface area contributed by atoms with E-state index in [0.29, 0.717) is 0 Å². The van der Waals surface area contributed by atoms with Crippen LogP contribution in [0.3, 0.4) is 0 Å². The lowest BCUT2D eigenvalue weighted by atomic mass is 10.2. The molecule has 0 aliphatic carbocycles. The zero-order valence-corrected chi connectivity index (χ0v) is 16.3. The van der Waals surface area contributed by atoms with Crippen molar-refractivity contribution >= 4 is 49.0 Å². The van der Waals surface area contributed by atoms with Gasteiger partial charge in [0.15, 0.2) is 9.84 Å². The monoisotopic (exact) mass is 446 g/mol. The maximum atomic E-state index is 12.3. The van der Waals surface area contributed by atoms with Gasteiger partial charge >= 0.3 is 5.97 Å². The quantitative estimate of drug-likeness (QED) is 0.417. The lowest BCUT2D eigenvalue weighted by Crippen LogP contribution is -2.42. The van der Waals surface area contributed by atoms with Crippen LogP contribution in [0.2, 0.25) is 10.0 Å². The molecule has 1 aliphatic heterocycles. The van der Waals surface area contributed by atoms with Crippen molar-refractivity contribution in [1.82, 2.24) is 10.0 Å². The van der Waals surface area contributed by atoms with Crippen molar-refractivity contribution in [2.75, 3.05) is 24.6 Å². The van der Waals surface area contributed by atoms with Crippen LogP contribution in [0.1, 0.15) is 10.4 Å². The van der Waals surface area contributed by atoms with Crippen LogP contribution < -0.4 is 10.0 Å². The van der Waals surface area contributed by atoms with Gasteiger partial charge in [-0.2, -0.15) is 0 Å². The highest BCUT2D eigenvalue weighted by molar-refractivity contribution is 7.91. The molecule has 1 aromatic carbocycles. The molecule has 0 saturated carbocycles. The van der Waals surface area contributed by atoms with Crippen molar-refractivity contribution in [3.8, 4) is 0 Å². The number of aliphatic hydroxyl groups excluding tert-OH is 1. The Hall–Kier alpha value is -0.950. The Morgan fingerprint density at radius 2 is 1.85 bits per heavy atom. The van der Waals surface area contributed by atoms with Crippen LogP contribution in [0.15, 0.2) is 17.0 Å². The van der Waals surface area contributed by atoms with Crippen LogP contribution in [0.4, 0.5) is 0 Å². The molecule has 146 valence electrons. The molecule has 13 heteroatoms. The molecule has 0 spiro atoms. The fourth-order valence-corrected chi connectivity index (χ4v) is 6.10. The lowest BCUT2D eigenvalue weighted by molar-refractivity contribution is 0.0696.